The summed E-state index contributed by atoms with van der Waals surface area (Å²) in [5, 5.41) is 0.648. The Morgan fingerprint density at radius 2 is 2.14 bits per heavy atom. The fourth-order valence-electron chi connectivity index (χ4n) is 2.63. The molecule has 6 nitrogen and oxygen atoms in total. The van der Waals surface area contributed by atoms with Crippen LogP contribution < -0.4 is 0 Å². The van der Waals surface area contributed by atoms with Crippen molar-refractivity contribution in [2.45, 2.75) is 32.9 Å². The molecule has 0 radical (unpaired) electrons. The number of halogens is 1. The van der Waals surface area contributed by atoms with Gasteiger partial charge in [-0.3, -0.25) is 9.97 Å². The summed E-state index contributed by atoms with van der Waals surface area (Å²) in [4.78, 5) is 23.8. The van der Waals surface area contributed by atoms with Crippen molar-refractivity contribution >= 4 is 39.2 Å². The number of methoxy groups -OCH3 is 1. The van der Waals surface area contributed by atoms with E-state index in [0.717, 1.165) is 26.4 Å². The van der Waals surface area contributed by atoms with E-state index >= 15 is 0 Å². The number of pyridine rings is 2. The summed E-state index contributed by atoms with van der Waals surface area (Å²) in [6.07, 6.45) is 2.79. The first-order valence-electron chi connectivity index (χ1n) is 10.5. The van der Waals surface area contributed by atoms with Crippen molar-refractivity contribution in [2.24, 2.45) is 0 Å². The van der Waals surface area contributed by atoms with E-state index in [-0.39, 0.29) is 19.7 Å². The molecule has 0 fully saturated rings. The number of ether oxygens (including phenoxy) is 2. The highest BCUT2D eigenvalue weighted by molar-refractivity contribution is 7.22. The minimum absolute atomic E-state index is 0.0650. The van der Waals surface area contributed by atoms with E-state index in [1.165, 1.54) is 16.2 Å². The number of aromatic nitrogens is 2. The van der Waals surface area contributed by atoms with Gasteiger partial charge in [-0.05, 0) is 44.5 Å². The van der Waals surface area contributed by atoms with Crippen molar-refractivity contribution in [2.75, 3.05) is 20.2 Å². The number of hydrogen-bond acceptors (Lipinski definition) is 6. The second kappa shape index (κ2) is 9.07. The molecule has 3 aromatic rings. The summed E-state index contributed by atoms with van der Waals surface area (Å²) < 4.78 is 32.6. The van der Waals surface area contributed by atoms with Gasteiger partial charge in [-0.25, -0.2) is 4.79 Å². The normalized spacial score (nSPS) is 13.6. The highest BCUT2D eigenvalue weighted by Gasteiger charge is 2.22. The number of thiophene rings is 1. The molecule has 8 heteroatoms. The molecule has 0 bridgehead atoms. The Hall–Kier alpha value is -2.22. The van der Waals surface area contributed by atoms with E-state index in [0.29, 0.717) is 5.02 Å². The quantitative estimate of drug-likeness (QED) is 0.518. The number of carbonyl (C=O) groups excluding carboxylic acids is 1. The molecule has 3 heterocycles. The van der Waals surface area contributed by atoms with E-state index in [9.17, 15) is 4.79 Å². The van der Waals surface area contributed by atoms with Gasteiger partial charge < -0.3 is 14.4 Å². The van der Waals surface area contributed by atoms with Crippen LogP contribution in [-0.2, 0) is 16.0 Å². The van der Waals surface area contributed by atoms with Crippen molar-refractivity contribution < 1.29 is 18.4 Å². The van der Waals surface area contributed by atoms with Crippen LogP contribution in [0.15, 0.2) is 36.7 Å². The number of hydrogen-bond donors (Lipinski definition) is 0. The minimum Gasteiger partial charge on any atom is -0.444 e. The number of amides is 1. The van der Waals surface area contributed by atoms with E-state index in [1.54, 1.807) is 39.2 Å². The molecule has 0 aliphatic rings. The second-order valence-electron chi connectivity index (χ2n) is 7.42. The van der Waals surface area contributed by atoms with E-state index in [4.69, 9.17) is 25.2 Å². The monoisotopic (exact) mass is 436 g/mol. The van der Waals surface area contributed by atoms with Crippen molar-refractivity contribution in [3.63, 3.8) is 0 Å². The van der Waals surface area contributed by atoms with Crippen LogP contribution in [0.4, 0.5) is 4.79 Å². The van der Waals surface area contributed by atoms with Gasteiger partial charge in [0.25, 0.3) is 0 Å². The minimum atomic E-state index is -2.52. The van der Waals surface area contributed by atoms with Crippen LogP contribution in [0, 0.1) is 0 Å². The predicted molar refractivity (Wildman–Crippen MR) is 116 cm³/mol. The largest absolute Gasteiger partial charge is 0.444 e. The highest BCUT2D eigenvalue weighted by Crippen LogP contribution is 2.35. The van der Waals surface area contributed by atoms with E-state index in [1.807, 2.05) is 18.2 Å². The molecule has 3 aromatic heterocycles. The fourth-order valence-corrected chi connectivity index (χ4v) is 3.90. The molecule has 154 valence electrons. The highest BCUT2D eigenvalue weighted by atomic mass is 35.5. The number of rotatable bonds is 6. The molecule has 0 atom stereocenters. The van der Waals surface area contributed by atoms with Crippen LogP contribution in [0.3, 0.4) is 0 Å². The van der Waals surface area contributed by atoms with Crippen LogP contribution in [0.1, 0.15) is 30.4 Å². The molecule has 3 rings (SSSR count). The van der Waals surface area contributed by atoms with Crippen molar-refractivity contribution in [1.29, 1.82) is 0 Å². The molecule has 0 aliphatic carbocycles. The fraction of sp³-hybridized carbons (Fsp3) is 0.381. The maximum absolute atomic E-state index is 12.6. The molecule has 0 saturated heterocycles. The third kappa shape index (κ3) is 5.65. The Bertz CT molecular complexity index is 1080. The van der Waals surface area contributed by atoms with Gasteiger partial charge >= 0.3 is 6.09 Å². The average molecular weight is 437 g/mol. The molecule has 0 N–H and O–H groups in total. The molecule has 0 saturated carbocycles. The Kier molecular flexibility index (Phi) is 5.51. The van der Waals surface area contributed by atoms with Gasteiger partial charge in [0.05, 0.1) is 43.1 Å². The molecule has 0 unspecified atom stereocenters. The van der Waals surface area contributed by atoms with Gasteiger partial charge in [0.2, 0.25) is 0 Å². The van der Waals surface area contributed by atoms with Gasteiger partial charge in [-0.1, -0.05) is 17.7 Å². The van der Waals surface area contributed by atoms with Gasteiger partial charge in [0.15, 0.2) is 0 Å². The first-order valence-corrected chi connectivity index (χ1v) is 10.2. The Morgan fingerprint density at radius 3 is 2.79 bits per heavy atom. The van der Waals surface area contributed by atoms with Gasteiger partial charge in [0.1, 0.15) is 5.60 Å². The number of carbonyl (C=O) groups is 1. The maximum atomic E-state index is 12.6. The Morgan fingerprint density at radius 1 is 1.31 bits per heavy atom. The molecular weight excluding hydrogens is 410 g/mol. The molecule has 0 aliphatic heterocycles. The molecular formula is C21H24ClN3O3S. The maximum Gasteiger partial charge on any atom is 0.410 e. The topological polar surface area (TPSA) is 64.5 Å². The zero-order valence-corrected chi connectivity index (χ0v) is 18.0. The van der Waals surface area contributed by atoms with Crippen LogP contribution >= 0.6 is 22.9 Å². The zero-order chi connectivity index (χ0) is 23.5. The van der Waals surface area contributed by atoms with Gasteiger partial charge in [-0.15, -0.1) is 11.3 Å². The molecule has 29 heavy (non-hydrogen) atoms. The lowest BCUT2D eigenvalue weighted by atomic mass is 10.2. The van der Waals surface area contributed by atoms with Crippen molar-refractivity contribution in [3.05, 3.63) is 47.2 Å². The molecule has 0 spiro atoms. The SMILES string of the molecule is [2H]C([2H])([2H])OCCN(Cc1ccc(-c2cc3nccc(Cl)c3s2)nc1)C(=O)OC(C)(C)C. The summed E-state index contributed by atoms with van der Waals surface area (Å²) in [6.45, 7) is 5.43. The van der Waals surface area contributed by atoms with Crippen LogP contribution in [-0.4, -0.2) is 46.8 Å². The lowest BCUT2D eigenvalue weighted by Gasteiger charge is -2.27. The molecule has 1 amide bonds. The standard InChI is InChI=1S/C21H24ClN3O3S/c1-21(2,3)28-20(26)25(9-10-27-4)13-14-5-6-16(24-12-14)18-11-17-19(29-18)15(22)7-8-23-17/h5-8,11-12H,9-10,13H2,1-4H3/i4D3. The van der Waals surface area contributed by atoms with E-state index in [2.05, 4.69) is 9.97 Å². The van der Waals surface area contributed by atoms with Gasteiger partial charge in [0, 0.05) is 26.0 Å². The average Bonchev–Trinajstić information content (AvgIpc) is 3.11. The van der Waals surface area contributed by atoms with Crippen molar-refractivity contribution in [3.8, 4) is 10.6 Å². The predicted octanol–water partition coefficient (Wildman–Crippen LogP) is 5.40. The van der Waals surface area contributed by atoms with E-state index < -0.39 is 18.7 Å². The van der Waals surface area contributed by atoms with Crippen LogP contribution in [0.25, 0.3) is 20.8 Å². The first-order chi connectivity index (χ1) is 14.9. The summed E-state index contributed by atoms with van der Waals surface area (Å²) in [5.41, 5.74) is 1.67. The van der Waals surface area contributed by atoms with Crippen LogP contribution in [0.2, 0.25) is 5.02 Å². The summed E-state index contributed by atoms with van der Waals surface area (Å²) in [7, 11) is -2.52. The summed E-state index contributed by atoms with van der Waals surface area (Å²) in [5.74, 6) is 0. The summed E-state index contributed by atoms with van der Waals surface area (Å²) >= 11 is 7.75. The first kappa shape index (κ1) is 17.6. The third-order valence-electron chi connectivity index (χ3n) is 3.93. The second-order valence-corrected chi connectivity index (χ2v) is 8.88. The van der Waals surface area contributed by atoms with Crippen LogP contribution in [0.5, 0.6) is 0 Å². The lowest BCUT2D eigenvalue weighted by molar-refractivity contribution is 0.0184. The number of fused-ring (bicyclic) bond motifs is 1. The number of nitrogens with zero attached hydrogens (tertiary/aromatic N) is 3. The smallest absolute Gasteiger partial charge is 0.410 e. The summed E-state index contributed by atoms with van der Waals surface area (Å²) in [6, 6.07) is 7.42. The molecule has 0 aromatic carbocycles. The van der Waals surface area contributed by atoms with Gasteiger partial charge in [-0.2, -0.15) is 0 Å². The Balaban J connectivity index is 1.74. The van der Waals surface area contributed by atoms with Crippen molar-refractivity contribution in [1.82, 2.24) is 14.9 Å². The lowest BCUT2D eigenvalue weighted by Crippen LogP contribution is -2.38. The zero-order valence-electron chi connectivity index (χ0n) is 19.4. The third-order valence-corrected chi connectivity index (χ3v) is 5.54. The Labute approximate surface area is 183 Å².